The van der Waals surface area contributed by atoms with Crippen molar-refractivity contribution in [3.05, 3.63) is 90.6 Å². The number of sulfonamides is 1. The third kappa shape index (κ3) is 5.21. The molecule has 1 aliphatic carbocycles. The van der Waals surface area contributed by atoms with Gasteiger partial charge in [-0.25, -0.2) is 18.1 Å². The zero-order chi connectivity index (χ0) is 26.9. The molecule has 1 aromatic heterocycles. The Labute approximate surface area is 227 Å². The van der Waals surface area contributed by atoms with E-state index in [4.69, 9.17) is 0 Å². The lowest BCUT2D eigenvalue weighted by atomic mass is 9.95. The first-order valence-corrected chi connectivity index (χ1v) is 14.4. The summed E-state index contributed by atoms with van der Waals surface area (Å²) in [7, 11) is -3.61. The normalized spacial score (nSPS) is 17.2. The van der Waals surface area contributed by atoms with Gasteiger partial charge in [-0.2, -0.15) is 4.98 Å². The third-order valence-corrected chi connectivity index (χ3v) is 8.55. The second-order valence-electron chi connectivity index (χ2n) is 9.77. The van der Waals surface area contributed by atoms with E-state index >= 15 is 0 Å². The van der Waals surface area contributed by atoms with Gasteiger partial charge in [-0.1, -0.05) is 48.5 Å². The Bertz CT molecular complexity index is 1620. The van der Waals surface area contributed by atoms with Gasteiger partial charge in [-0.15, -0.1) is 0 Å². The van der Waals surface area contributed by atoms with Gasteiger partial charge in [-0.3, -0.25) is 4.79 Å². The number of benzene rings is 3. The van der Waals surface area contributed by atoms with E-state index in [9.17, 15) is 13.2 Å². The number of rotatable bonds is 4. The van der Waals surface area contributed by atoms with E-state index < -0.39 is 15.4 Å². The van der Waals surface area contributed by atoms with Gasteiger partial charge in [0.05, 0.1) is 10.3 Å². The zero-order valence-electron chi connectivity index (χ0n) is 21.1. The molecule has 10 heteroatoms. The predicted molar refractivity (Wildman–Crippen MR) is 151 cm³/mol. The molecule has 4 N–H and O–H groups in total. The van der Waals surface area contributed by atoms with Crippen LogP contribution in [0.5, 0.6) is 0 Å². The lowest BCUT2D eigenvalue weighted by Gasteiger charge is -2.16. The van der Waals surface area contributed by atoms with Crippen molar-refractivity contribution < 1.29 is 13.2 Å². The van der Waals surface area contributed by atoms with E-state index in [-0.39, 0.29) is 10.8 Å². The number of fused-ring (bicyclic) bond motifs is 4. The largest absolute Gasteiger partial charge is 0.369 e. The summed E-state index contributed by atoms with van der Waals surface area (Å²) in [6.07, 6.45) is 4.00. The van der Waals surface area contributed by atoms with Gasteiger partial charge in [0.25, 0.3) is 0 Å². The van der Waals surface area contributed by atoms with Gasteiger partial charge in [0.1, 0.15) is 5.82 Å². The summed E-state index contributed by atoms with van der Waals surface area (Å²) in [5, 5.41) is 9.50. The van der Waals surface area contributed by atoms with Crippen molar-refractivity contribution in [2.24, 2.45) is 0 Å². The minimum absolute atomic E-state index is 0.0135. The molecule has 1 fully saturated rings. The minimum Gasteiger partial charge on any atom is -0.369 e. The molecule has 0 spiro atoms. The van der Waals surface area contributed by atoms with Gasteiger partial charge in [0.2, 0.25) is 21.9 Å². The molecule has 39 heavy (non-hydrogen) atoms. The van der Waals surface area contributed by atoms with Crippen LogP contribution in [0.3, 0.4) is 0 Å². The zero-order valence-corrected chi connectivity index (χ0v) is 22.0. The topological polar surface area (TPSA) is 125 Å². The maximum Gasteiger partial charge on any atom is 0.240 e. The summed E-state index contributed by atoms with van der Waals surface area (Å²) >= 11 is 0. The molecule has 4 aromatic rings. The molecular formula is C29H28N6O3S. The van der Waals surface area contributed by atoms with Gasteiger partial charge in [0, 0.05) is 36.2 Å². The van der Waals surface area contributed by atoms with Crippen molar-refractivity contribution in [1.82, 2.24) is 14.7 Å². The Kier molecular flexibility index (Phi) is 6.49. The van der Waals surface area contributed by atoms with E-state index in [1.165, 1.54) is 0 Å². The third-order valence-electron chi connectivity index (χ3n) is 7.09. The van der Waals surface area contributed by atoms with Crippen molar-refractivity contribution in [2.45, 2.75) is 29.6 Å². The fraction of sp³-hybridized carbons (Fsp3) is 0.207. The van der Waals surface area contributed by atoms with E-state index in [1.54, 1.807) is 30.5 Å². The summed E-state index contributed by atoms with van der Waals surface area (Å²) < 4.78 is 27.8. The summed E-state index contributed by atoms with van der Waals surface area (Å²) in [6, 6.07) is 24.1. The van der Waals surface area contributed by atoms with Crippen LogP contribution in [0.2, 0.25) is 0 Å². The quantitative estimate of drug-likeness (QED) is 0.297. The molecule has 9 nitrogen and oxygen atoms in total. The van der Waals surface area contributed by atoms with Crippen LogP contribution in [0.15, 0.2) is 90.0 Å². The molecule has 4 bridgehead atoms. The van der Waals surface area contributed by atoms with Crippen molar-refractivity contribution in [3.8, 4) is 11.1 Å². The summed E-state index contributed by atoms with van der Waals surface area (Å²) in [5.41, 5.74) is 3.59. The molecule has 2 heterocycles. The van der Waals surface area contributed by atoms with Crippen LogP contribution < -0.4 is 20.7 Å². The number of carbonyl (C=O) groups is 1. The fourth-order valence-electron chi connectivity index (χ4n) is 4.76. The second kappa shape index (κ2) is 10.1. The molecule has 0 atom stereocenters. The maximum atomic E-state index is 13.1. The van der Waals surface area contributed by atoms with Crippen molar-refractivity contribution in [2.75, 3.05) is 29.0 Å². The first-order valence-electron chi connectivity index (χ1n) is 12.9. The smallest absolute Gasteiger partial charge is 0.240 e. The molecular weight excluding hydrogens is 512 g/mol. The maximum absolute atomic E-state index is 13.1. The minimum atomic E-state index is -3.61. The number of carbonyl (C=O) groups excluding carboxylic acids is 1. The molecule has 3 aromatic carbocycles. The van der Waals surface area contributed by atoms with Crippen molar-refractivity contribution >= 4 is 39.1 Å². The Morgan fingerprint density at radius 3 is 2.49 bits per heavy atom. The van der Waals surface area contributed by atoms with Crippen LogP contribution in [-0.4, -0.2) is 37.4 Å². The number of aromatic nitrogens is 2. The highest BCUT2D eigenvalue weighted by Crippen LogP contribution is 2.49. The van der Waals surface area contributed by atoms with E-state index in [0.717, 1.165) is 35.2 Å². The van der Waals surface area contributed by atoms with E-state index in [1.807, 2.05) is 54.6 Å². The average molecular weight is 541 g/mol. The van der Waals surface area contributed by atoms with Crippen LogP contribution in [-0.2, 0) is 20.2 Å². The number of hydrogen-bond donors (Lipinski definition) is 4. The molecule has 0 unspecified atom stereocenters. The highest BCUT2D eigenvalue weighted by molar-refractivity contribution is 7.89. The van der Waals surface area contributed by atoms with E-state index in [0.29, 0.717) is 37.0 Å². The van der Waals surface area contributed by atoms with Crippen LogP contribution in [0, 0.1) is 0 Å². The Morgan fingerprint density at radius 1 is 0.923 bits per heavy atom. The number of anilines is 4. The van der Waals surface area contributed by atoms with Crippen LogP contribution in [0.4, 0.5) is 23.1 Å². The van der Waals surface area contributed by atoms with Crippen LogP contribution in [0.1, 0.15) is 24.8 Å². The monoisotopic (exact) mass is 540 g/mol. The number of amides is 1. The molecule has 6 rings (SSSR count). The molecule has 1 saturated carbocycles. The van der Waals surface area contributed by atoms with Crippen molar-refractivity contribution in [1.29, 1.82) is 0 Å². The van der Waals surface area contributed by atoms with E-state index in [2.05, 4.69) is 30.6 Å². The summed E-state index contributed by atoms with van der Waals surface area (Å²) in [4.78, 5) is 22.4. The molecule has 1 aliphatic heterocycles. The van der Waals surface area contributed by atoms with Gasteiger partial charge < -0.3 is 16.0 Å². The molecule has 198 valence electrons. The number of nitrogens with zero attached hydrogens (tertiary/aromatic N) is 2. The summed E-state index contributed by atoms with van der Waals surface area (Å²) in [6.45, 7) is 0.804. The first-order chi connectivity index (χ1) is 18.9. The fourth-order valence-corrected chi connectivity index (χ4v) is 5.88. The first kappa shape index (κ1) is 25.0. The molecule has 2 aliphatic rings. The highest BCUT2D eigenvalue weighted by Gasteiger charge is 2.51. The highest BCUT2D eigenvalue weighted by atomic mass is 32.2. The number of hydrogen-bond acceptors (Lipinski definition) is 7. The standard InChI is InChI=1S/C29H28N6O3S/c36-27(29(14-15-29)21-6-2-1-3-7-21)33-22-12-10-20(11-13-22)25-19-31-28-34-23-8-4-9-24(18-23)39(37,38)32-17-5-16-30-26(25)35-28/h1-4,6-13,18-19,32H,5,14-17H2,(H,33,36)(H2,30,31,34,35). The lowest BCUT2D eigenvalue weighted by molar-refractivity contribution is -0.118. The molecule has 1 amide bonds. The molecule has 0 radical (unpaired) electrons. The molecule has 0 saturated heterocycles. The Morgan fingerprint density at radius 2 is 1.72 bits per heavy atom. The number of nitrogens with one attached hydrogen (secondary N) is 4. The predicted octanol–water partition coefficient (Wildman–Crippen LogP) is 4.65. The Balaban J connectivity index is 1.23. The lowest BCUT2D eigenvalue weighted by Crippen LogP contribution is -2.27. The van der Waals surface area contributed by atoms with Gasteiger partial charge in [-0.05, 0) is 60.7 Å². The Hall–Kier alpha value is -4.28. The van der Waals surface area contributed by atoms with Gasteiger partial charge >= 0.3 is 0 Å². The second-order valence-corrected chi connectivity index (χ2v) is 11.5. The average Bonchev–Trinajstić information content (AvgIpc) is 3.76. The van der Waals surface area contributed by atoms with Crippen LogP contribution >= 0.6 is 0 Å². The summed E-state index contributed by atoms with van der Waals surface area (Å²) in [5.74, 6) is 0.991. The van der Waals surface area contributed by atoms with Crippen molar-refractivity contribution in [3.63, 3.8) is 0 Å². The van der Waals surface area contributed by atoms with Crippen LogP contribution in [0.25, 0.3) is 11.1 Å². The SMILES string of the molecule is O=C(Nc1ccc(-c2cnc3nc2NCCCNS(=O)(=O)c2cccc(c2)N3)cc1)C1(c2ccccc2)CC1. The van der Waals surface area contributed by atoms with Gasteiger partial charge in [0.15, 0.2) is 0 Å².